The van der Waals surface area contributed by atoms with Gasteiger partial charge in [-0.25, -0.2) is 22.7 Å². The van der Waals surface area contributed by atoms with E-state index in [1.807, 2.05) is 0 Å². The number of rotatable bonds is 3. The van der Waals surface area contributed by atoms with E-state index in [1.165, 1.54) is 31.4 Å². The zero-order valence-corrected chi connectivity index (χ0v) is 11.0. The smallest absolute Gasteiger partial charge is 0.420 e. The SMILES string of the molecule is COC(=O)Nc1ccc(S(=O)(=O)NC(=O)OC)cc1. The standard InChI is InChI=1S/C10H12N2O6S/c1-17-9(13)11-7-3-5-8(6-4-7)19(15,16)12-10(14)18-2/h3-6H,1-2H3,(H,11,13)(H,12,14). The molecule has 0 bridgehead atoms. The van der Waals surface area contributed by atoms with E-state index in [2.05, 4.69) is 14.8 Å². The predicted molar refractivity (Wildman–Crippen MR) is 65.2 cm³/mol. The lowest BCUT2D eigenvalue weighted by molar-refractivity contribution is 0.177. The number of methoxy groups -OCH3 is 2. The monoisotopic (exact) mass is 288 g/mol. The van der Waals surface area contributed by atoms with E-state index in [1.54, 1.807) is 4.72 Å². The molecule has 8 nitrogen and oxygen atoms in total. The van der Waals surface area contributed by atoms with Crippen LogP contribution in [-0.2, 0) is 19.5 Å². The van der Waals surface area contributed by atoms with Gasteiger partial charge in [0.2, 0.25) is 0 Å². The zero-order chi connectivity index (χ0) is 14.5. The van der Waals surface area contributed by atoms with Crippen LogP contribution in [0.1, 0.15) is 0 Å². The molecule has 0 saturated carbocycles. The summed E-state index contributed by atoms with van der Waals surface area (Å²) in [6.45, 7) is 0. The number of carbonyl (C=O) groups is 2. The first kappa shape index (κ1) is 14.8. The molecule has 0 fully saturated rings. The van der Waals surface area contributed by atoms with Gasteiger partial charge in [0.25, 0.3) is 10.0 Å². The molecule has 0 aromatic heterocycles. The van der Waals surface area contributed by atoms with E-state index >= 15 is 0 Å². The van der Waals surface area contributed by atoms with Crippen molar-refractivity contribution in [3.63, 3.8) is 0 Å². The van der Waals surface area contributed by atoms with E-state index in [4.69, 9.17) is 0 Å². The van der Waals surface area contributed by atoms with Crippen molar-refractivity contribution in [2.45, 2.75) is 4.90 Å². The summed E-state index contributed by atoms with van der Waals surface area (Å²) in [4.78, 5) is 21.6. The van der Waals surface area contributed by atoms with Gasteiger partial charge in [0.1, 0.15) is 0 Å². The molecule has 1 rings (SSSR count). The van der Waals surface area contributed by atoms with Crippen molar-refractivity contribution >= 4 is 27.9 Å². The highest BCUT2D eigenvalue weighted by atomic mass is 32.2. The van der Waals surface area contributed by atoms with Crippen LogP contribution < -0.4 is 10.0 Å². The molecule has 0 atom stereocenters. The molecule has 2 N–H and O–H groups in total. The topological polar surface area (TPSA) is 111 Å². The first-order valence-corrected chi connectivity index (χ1v) is 6.43. The molecular weight excluding hydrogens is 276 g/mol. The molecular formula is C10H12N2O6S. The Kier molecular flexibility index (Phi) is 4.70. The lowest BCUT2D eigenvalue weighted by Gasteiger charge is -2.07. The van der Waals surface area contributed by atoms with Crippen molar-refractivity contribution in [2.75, 3.05) is 19.5 Å². The second-order valence-corrected chi connectivity index (χ2v) is 4.92. The van der Waals surface area contributed by atoms with E-state index in [0.29, 0.717) is 5.69 Å². The molecule has 0 heterocycles. The largest absolute Gasteiger partial charge is 0.453 e. The van der Waals surface area contributed by atoms with E-state index in [0.717, 1.165) is 7.11 Å². The minimum atomic E-state index is -3.99. The Bertz CT molecular complexity index is 566. The third-order valence-corrected chi connectivity index (χ3v) is 3.33. The predicted octanol–water partition coefficient (Wildman–Crippen LogP) is 0.910. The summed E-state index contributed by atoms with van der Waals surface area (Å²) in [5.74, 6) is 0. The van der Waals surface area contributed by atoms with Crippen LogP contribution in [0.3, 0.4) is 0 Å². The molecule has 19 heavy (non-hydrogen) atoms. The maximum atomic E-state index is 11.7. The highest BCUT2D eigenvalue weighted by molar-refractivity contribution is 7.90. The van der Waals surface area contributed by atoms with Gasteiger partial charge < -0.3 is 9.47 Å². The summed E-state index contributed by atoms with van der Waals surface area (Å²) in [6, 6.07) is 5.14. The molecule has 0 unspecified atom stereocenters. The number of benzene rings is 1. The van der Waals surface area contributed by atoms with Crippen LogP contribution in [0.5, 0.6) is 0 Å². The second kappa shape index (κ2) is 6.05. The molecule has 0 radical (unpaired) electrons. The zero-order valence-electron chi connectivity index (χ0n) is 10.2. The lowest BCUT2D eigenvalue weighted by atomic mass is 10.3. The molecule has 2 amide bonds. The fourth-order valence-corrected chi connectivity index (χ4v) is 2.01. The Morgan fingerprint density at radius 1 is 1.00 bits per heavy atom. The molecule has 1 aromatic rings. The summed E-state index contributed by atoms with van der Waals surface area (Å²) < 4.78 is 33.6. The Labute approximate surface area is 109 Å². The molecule has 1 aromatic carbocycles. The van der Waals surface area contributed by atoms with Crippen LogP contribution in [0.15, 0.2) is 29.2 Å². The number of amides is 2. The van der Waals surface area contributed by atoms with Crippen molar-refractivity contribution < 1.29 is 27.5 Å². The van der Waals surface area contributed by atoms with Gasteiger partial charge in [-0.3, -0.25) is 5.32 Å². The van der Waals surface area contributed by atoms with Gasteiger partial charge in [-0.05, 0) is 24.3 Å². The van der Waals surface area contributed by atoms with E-state index in [9.17, 15) is 18.0 Å². The van der Waals surface area contributed by atoms with Crippen molar-refractivity contribution in [1.29, 1.82) is 0 Å². The van der Waals surface area contributed by atoms with Gasteiger partial charge in [-0.2, -0.15) is 0 Å². The average molecular weight is 288 g/mol. The normalized spacial score (nSPS) is 10.4. The molecule has 0 aliphatic rings. The summed E-state index contributed by atoms with van der Waals surface area (Å²) in [6.07, 6.45) is -1.76. The third kappa shape index (κ3) is 4.14. The molecule has 0 spiro atoms. The summed E-state index contributed by atoms with van der Waals surface area (Å²) in [5.41, 5.74) is 0.351. The molecule has 104 valence electrons. The van der Waals surface area contributed by atoms with E-state index < -0.39 is 22.2 Å². The number of carbonyl (C=O) groups excluding carboxylic acids is 2. The van der Waals surface area contributed by atoms with Crippen molar-refractivity contribution in [3.05, 3.63) is 24.3 Å². The summed E-state index contributed by atoms with van der Waals surface area (Å²) >= 11 is 0. The van der Waals surface area contributed by atoms with Gasteiger partial charge in [0.15, 0.2) is 0 Å². The number of ether oxygens (including phenoxy) is 2. The Morgan fingerprint density at radius 3 is 2.00 bits per heavy atom. The van der Waals surface area contributed by atoms with Gasteiger partial charge in [-0.1, -0.05) is 0 Å². The van der Waals surface area contributed by atoms with Gasteiger partial charge in [0.05, 0.1) is 19.1 Å². The van der Waals surface area contributed by atoms with Gasteiger partial charge >= 0.3 is 12.2 Å². The first-order valence-electron chi connectivity index (χ1n) is 4.95. The molecule has 0 saturated heterocycles. The highest BCUT2D eigenvalue weighted by Crippen LogP contribution is 2.14. The lowest BCUT2D eigenvalue weighted by Crippen LogP contribution is -2.30. The number of nitrogens with one attached hydrogen (secondary N) is 2. The van der Waals surface area contributed by atoms with Crippen molar-refractivity contribution in [2.24, 2.45) is 0 Å². The Hall–Kier alpha value is -2.29. The van der Waals surface area contributed by atoms with Crippen LogP contribution >= 0.6 is 0 Å². The molecule has 9 heteroatoms. The third-order valence-electron chi connectivity index (χ3n) is 2.00. The average Bonchev–Trinajstić information content (AvgIpc) is 2.38. The Morgan fingerprint density at radius 2 is 1.53 bits per heavy atom. The number of hydrogen-bond donors (Lipinski definition) is 2. The van der Waals surface area contributed by atoms with Crippen molar-refractivity contribution in [3.8, 4) is 0 Å². The second-order valence-electron chi connectivity index (χ2n) is 3.24. The summed E-state index contributed by atoms with van der Waals surface area (Å²) in [7, 11) is -1.74. The fourth-order valence-electron chi connectivity index (χ4n) is 1.10. The Balaban J connectivity index is 2.86. The molecule has 0 aliphatic heterocycles. The fraction of sp³-hybridized carbons (Fsp3) is 0.200. The van der Waals surface area contributed by atoms with Gasteiger partial charge in [-0.15, -0.1) is 0 Å². The maximum absolute atomic E-state index is 11.7. The number of hydrogen-bond acceptors (Lipinski definition) is 6. The van der Waals surface area contributed by atoms with E-state index in [-0.39, 0.29) is 4.90 Å². The van der Waals surface area contributed by atoms with Crippen LogP contribution in [0.4, 0.5) is 15.3 Å². The van der Waals surface area contributed by atoms with Crippen LogP contribution in [0.25, 0.3) is 0 Å². The van der Waals surface area contributed by atoms with Crippen molar-refractivity contribution in [1.82, 2.24) is 4.72 Å². The van der Waals surface area contributed by atoms with Gasteiger partial charge in [0, 0.05) is 5.69 Å². The minimum Gasteiger partial charge on any atom is -0.453 e. The van der Waals surface area contributed by atoms with Crippen LogP contribution in [0.2, 0.25) is 0 Å². The highest BCUT2D eigenvalue weighted by Gasteiger charge is 2.17. The number of anilines is 1. The van der Waals surface area contributed by atoms with Crippen LogP contribution in [0, 0.1) is 0 Å². The minimum absolute atomic E-state index is 0.145. The number of sulfonamides is 1. The maximum Gasteiger partial charge on any atom is 0.420 e. The van der Waals surface area contributed by atoms with Crippen LogP contribution in [-0.4, -0.2) is 34.8 Å². The summed E-state index contributed by atoms with van der Waals surface area (Å²) in [5, 5.41) is 2.35. The quantitative estimate of drug-likeness (QED) is 0.855. The first-order chi connectivity index (χ1) is 8.89. The molecule has 0 aliphatic carbocycles.